The lowest BCUT2D eigenvalue weighted by atomic mass is 10.2. The van der Waals surface area contributed by atoms with E-state index in [2.05, 4.69) is 5.92 Å². The van der Waals surface area contributed by atoms with Gasteiger partial charge in [-0.25, -0.2) is 0 Å². The van der Waals surface area contributed by atoms with E-state index in [1.807, 2.05) is 24.3 Å². The Morgan fingerprint density at radius 1 is 1.27 bits per heavy atom. The van der Waals surface area contributed by atoms with E-state index in [1.54, 1.807) is 6.26 Å². The van der Waals surface area contributed by atoms with Gasteiger partial charge in [0.2, 0.25) is 0 Å². The van der Waals surface area contributed by atoms with Crippen molar-refractivity contribution in [1.82, 2.24) is 0 Å². The molecule has 0 amide bonds. The molecule has 2 aromatic rings. The first kappa shape index (κ1) is 6.06. The first-order chi connectivity index (χ1) is 5.40. The average Bonchev–Trinajstić information content (AvgIpc) is 2.50. The molecule has 1 aromatic heterocycles. The quantitative estimate of drug-likeness (QED) is 0.515. The van der Waals surface area contributed by atoms with E-state index >= 15 is 0 Å². The summed E-state index contributed by atoms with van der Waals surface area (Å²) >= 11 is 0. The van der Waals surface area contributed by atoms with Gasteiger partial charge in [-0.05, 0) is 24.3 Å². The summed E-state index contributed by atoms with van der Waals surface area (Å²) in [6.45, 7) is 0. The van der Waals surface area contributed by atoms with Crippen molar-refractivity contribution in [2.24, 2.45) is 0 Å². The Balaban J connectivity index is 2.79. The minimum atomic E-state index is 0.848. The highest BCUT2D eigenvalue weighted by atomic mass is 16.3. The molecule has 0 bridgehead atoms. The predicted octanol–water partition coefficient (Wildman–Crippen LogP) is 2.41. The van der Waals surface area contributed by atoms with Crippen LogP contribution < -0.4 is 0 Å². The van der Waals surface area contributed by atoms with Crippen molar-refractivity contribution in [2.75, 3.05) is 0 Å². The molecule has 2 rings (SSSR count). The zero-order valence-electron chi connectivity index (χ0n) is 5.87. The van der Waals surface area contributed by atoms with Crippen molar-refractivity contribution in [3.05, 3.63) is 36.1 Å². The van der Waals surface area contributed by atoms with E-state index in [0.29, 0.717) is 0 Å². The molecule has 0 aliphatic heterocycles. The lowest BCUT2D eigenvalue weighted by molar-refractivity contribution is 0.616. The molecular formula is C10H6O. The maximum atomic E-state index is 5.22. The van der Waals surface area contributed by atoms with Crippen molar-refractivity contribution in [2.45, 2.75) is 0 Å². The van der Waals surface area contributed by atoms with Crippen LogP contribution >= 0.6 is 0 Å². The molecular weight excluding hydrogens is 136 g/mol. The Kier molecular flexibility index (Phi) is 1.20. The van der Waals surface area contributed by atoms with Crippen LogP contribution in [0.5, 0.6) is 0 Å². The van der Waals surface area contributed by atoms with Crippen molar-refractivity contribution >= 4 is 11.0 Å². The number of rotatable bonds is 0. The van der Waals surface area contributed by atoms with Crippen molar-refractivity contribution < 1.29 is 4.42 Å². The fraction of sp³-hybridized carbons (Fsp3) is 0. The number of terminal acetylenes is 1. The number of furan rings is 1. The normalized spacial score (nSPS) is 9.73. The third kappa shape index (κ3) is 0.890. The molecule has 0 fully saturated rings. The van der Waals surface area contributed by atoms with Gasteiger partial charge >= 0.3 is 0 Å². The summed E-state index contributed by atoms with van der Waals surface area (Å²) in [5, 5.41) is 1.09. The molecule has 0 radical (unpaired) electrons. The van der Waals surface area contributed by atoms with Crippen LogP contribution in [-0.4, -0.2) is 0 Å². The molecule has 0 saturated carbocycles. The largest absolute Gasteiger partial charge is 0.464 e. The highest BCUT2D eigenvalue weighted by Gasteiger charge is 1.95. The van der Waals surface area contributed by atoms with Gasteiger partial charge in [0.15, 0.2) is 0 Å². The van der Waals surface area contributed by atoms with E-state index in [0.717, 1.165) is 16.5 Å². The molecule has 52 valence electrons. The molecule has 1 heterocycles. The van der Waals surface area contributed by atoms with Crippen molar-refractivity contribution in [3.63, 3.8) is 0 Å². The molecule has 0 N–H and O–H groups in total. The summed E-state index contributed by atoms with van der Waals surface area (Å²) < 4.78 is 5.16. The number of hydrogen-bond donors (Lipinski definition) is 0. The molecule has 1 nitrogen and oxygen atoms in total. The second-order valence-corrected chi connectivity index (χ2v) is 2.32. The van der Waals surface area contributed by atoms with Crippen LogP contribution in [0, 0.1) is 12.3 Å². The Morgan fingerprint density at radius 2 is 2.18 bits per heavy atom. The fourth-order valence-electron chi connectivity index (χ4n) is 1.04. The Morgan fingerprint density at radius 3 is 3.00 bits per heavy atom. The Hall–Kier alpha value is -1.68. The number of benzene rings is 1. The van der Waals surface area contributed by atoms with Gasteiger partial charge in [0.1, 0.15) is 5.58 Å². The SMILES string of the molecule is C#Cc1ccc2ccoc2c1. The summed E-state index contributed by atoms with van der Waals surface area (Å²) in [5.74, 6) is 2.55. The number of fused-ring (bicyclic) bond motifs is 1. The molecule has 0 saturated heterocycles. The first-order valence-electron chi connectivity index (χ1n) is 3.34. The summed E-state index contributed by atoms with van der Waals surface area (Å²) in [4.78, 5) is 0. The van der Waals surface area contributed by atoms with Crippen LogP contribution in [-0.2, 0) is 0 Å². The van der Waals surface area contributed by atoms with Crippen LogP contribution in [0.25, 0.3) is 11.0 Å². The monoisotopic (exact) mass is 142 g/mol. The predicted molar refractivity (Wildman–Crippen MR) is 44.1 cm³/mol. The molecule has 1 aromatic carbocycles. The molecule has 0 atom stereocenters. The summed E-state index contributed by atoms with van der Waals surface area (Å²) in [7, 11) is 0. The minimum Gasteiger partial charge on any atom is -0.464 e. The van der Waals surface area contributed by atoms with Crippen molar-refractivity contribution in [3.8, 4) is 12.3 Å². The van der Waals surface area contributed by atoms with Gasteiger partial charge in [0.05, 0.1) is 6.26 Å². The van der Waals surface area contributed by atoms with Gasteiger partial charge in [-0.1, -0.05) is 5.92 Å². The topological polar surface area (TPSA) is 13.1 Å². The standard InChI is InChI=1S/C10H6O/c1-2-8-3-4-9-5-6-11-10(9)7-8/h1,3-7H. The second-order valence-electron chi connectivity index (χ2n) is 2.32. The van der Waals surface area contributed by atoms with Crippen LogP contribution in [0.1, 0.15) is 5.56 Å². The lowest BCUT2D eigenvalue weighted by Gasteiger charge is -1.88. The smallest absolute Gasteiger partial charge is 0.135 e. The third-order valence-corrected chi connectivity index (χ3v) is 1.62. The van der Waals surface area contributed by atoms with Crippen LogP contribution in [0.4, 0.5) is 0 Å². The first-order valence-corrected chi connectivity index (χ1v) is 3.34. The molecule has 11 heavy (non-hydrogen) atoms. The summed E-state index contributed by atoms with van der Waals surface area (Å²) in [6.07, 6.45) is 6.88. The van der Waals surface area contributed by atoms with Gasteiger partial charge in [0, 0.05) is 10.9 Å². The van der Waals surface area contributed by atoms with Gasteiger partial charge in [-0.2, -0.15) is 0 Å². The van der Waals surface area contributed by atoms with Gasteiger partial charge in [-0.15, -0.1) is 6.42 Å². The molecule has 0 aliphatic carbocycles. The van der Waals surface area contributed by atoms with E-state index in [1.165, 1.54) is 0 Å². The van der Waals surface area contributed by atoms with E-state index < -0.39 is 0 Å². The summed E-state index contributed by atoms with van der Waals surface area (Å²) in [5.41, 5.74) is 1.70. The zero-order chi connectivity index (χ0) is 7.68. The molecule has 0 aliphatic rings. The Bertz CT molecular complexity index is 418. The molecule has 0 spiro atoms. The lowest BCUT2D eigenvalue weighted by Crippen LogP contribution is -1.70. The maximum Gasteiger partial charge on any atom is 0.135 e. The van der Waals surface area contributed by atoms with Crippen LogP contribution in [0.3, 0.4) is 0 Å². The zero-order valence-corrected chi connectivity index (χ0v) is 5.87. The van der Waals surface area contributed by atoms with E-state index in [4.69, 9.17) is 10.8 Å². The fourth-order valence-corrected chi connectivity index (χ4v) is 1.04. The minimum absolute atomic E-state index is 0.848. The third-order valence-electron chi connectivity index (χ3n) is 1.62. The summed E-state index contributed by atoms with van der Waals surface area (Å²) in [6, 6.07) is 7.62. The van der Waals surface area contributed by atoms with Gasteiger partial charge in [0.25, 0.3) is 0 Å². The number of hydrogen-bond acceptors (Lipinski definition) is 1. The maximum absolute atomic E-state index is 5.22. The highest BCUT2D eigenvalue weighted by molar-refractivity contribution is 5.78. The second kappa shape index (κ2) is 2.17. The van der Waals surface area contributed by atoms with E-state index in [-0.39, 0.29) is 0 Å². The van der Waals surface area contributed by atoms with Crippen LogP contribution in [0.15, 0.2) is 34.9 Å². The van der Waals surface area contributed by atoms with Gasteiger partial charge < -0.3 is 4.42 Å². The van der Waals surface area contributed by atoms with Crippen LogP contribution in [0.2, 0.25) is 0 Å². The average molecular weight is 142 g/mol. The molecule has 0 unspecified atom stereocenters. The highest BCUT2D eigenvalue weighted by Crippen LogP contribution is 2.15. The van der Waals surface area contributed by atoms with Crippen molar-refractivity contribution in [1.29, 1.82) is 0 Å². The van der Waals surface area contributed by atoms with Gasteiger partial charge in [-0.3, -0.25) is 0 Å². The molecule has 1 heteroatoms. The Labute approximate surface area is 64.6 Å². The van der Waals surface area contributed by atoms with E-state index in [9.17, 15) is 0 Å².